The molecule has 0 bridgehead atoms. The minimum absolute atomic E-state index is 0.265. The van der Waals surface area contributed by atoms with Crippen molar-refractivity contribution in [1.29, 1.82) is 0 Å². The maximum Gasteiger partial charge on any atom is 0.405 e. The van der Waals surface area contributed by atoms with E-state index in [0.29, 0.717) is 12.4 Å². The molecular weight excluding hydrogens is 279 g/mol. The summed E-state index contributed by atoms with van der Waals surface area (Å²) in [6.45, 7) is 5.16. The summed E-state index contributed by atoms with van der Waals surface area (Å²) in [6, 6.07) is 3.43. The average Bonchev–Trinajstić information content (AvgIpc) is 2.35. The molecule has 1 N–H and O–H groups in total. The zero-order chi connectivity index (χ0) is 16.0. The van der Waals surface area contributed by atoms with Crippen LogP contribution in [0.25, 0.3) is 0 Å². The molecule has 1 aromatic heterocycles. The zero-order valence-electron chi connectivity index (χ0n) is 13.1. The Balaban J connectivity index is 3.16. The summed E-state index contributed by atoms with van der Waals surface area (Å²) in [6.07, 6.45) is -2.56. The van der Waals surface area contributed by atoms with Gasteiger partial charge in [-0.3, -0.25) is 0 Å². The van der Waals surface area contributed by atoms with Crippen LogP contribution in [0.1, 0.15) is 38.4 Å². The third-order valence-corrected chi connectivity index (χ3v) is 3.08. The van der Waals surface area contributed by atoms with Crippen molar-refractivity contribution in [3.05, 3.63) is 23.4 Å². The molecule has 0 spiro atoms. The van der Waals surface area contributed by atoms with Gasteiger partial charge in [0.15, 0.2) is 0 Å². The number of hydrogen-bond acceptors (Lipinski definition) is 3. The highest BCUT2D eigenvalue weighted by Crippen LogP contribution is 2.24. The van der Waals surface area contributed by atoms with Gasteiger partial charge in [-0.05, 0) is 45.0 Å². The number of aryl methyl sites for hydroxylation is 1. The number of anilines is 1. The van der Waals surface area contributed by atoms with Crippen molar-refractivity contribution in [1.82, 2.24) is 10.3 Å². The second kappa shape index (κ2) is 7.64. The first-order chi connectivity index (χ1) is 9.76. The first-order valence-electron chi connectivity index (χ1n) is 7.24. The maximum absolute atomic E-state index is 12.8. The van der Waals surface area contributed by atoms with Gasteiger partial charge >= 0.3 is 6.18 Å². The molecule has 0 unspecified atom stereocenters. The molecule has 0 aromatic carbocycles. The Labute approximate surface area is 124 Å². The van der Waals surface area contributed by atoms with Gasteiger partial charge in [0.2, 0.25) is 0 Å². The second-order valence-electron chi connectivity index (χ2n) is 5.44. The number of nitrogens with zero attached hydrogens (tertiary/aromatic N) is 2. The molecule has 0 radical (unpaired) electrons. The lowest BCUT2D eigenvalue weighted by Crippen LogP contribution is -2.39. The quantitative estimate of drug-likeness (QED) is 0.835. The summed E-state index contributed by atoms with van der Waals surface area (Å²) in [7, 11) is 1.82. The smallest absolute Gasteiger partial charge is 0.345 e. The number of halogens is 3. The number of nitrogens with one attached hydrogen (secondary N) is 1. The van der Waals surface area contributed by atoms with Crippen LogP contribution < -0.4 is 10.2 Å². The van der Waals surface area contributed by atoms with E-state index in [1.807, 2.05) is 20.0 Å². The summed E-state index contributed by atoms with van der Waals surface area (Å²) < 4.78 is 38.3. The Morgan fingerprint density at radius 3 is 2.43 bits per heavy atom. The molecule has 120 valence electrons. The number of aromatic nitrogens is 1. The minimum Gasteiger partial charge on any atom is -0.345 e. The highest BCUT2D eigenvalue weighted by molar-refractivity contribution is 5.44. The van der Waals surface area contributed by atoms with Crippen molar-refractivity contribution in [2.75, 3.05) is 18.5 Å². The minimum atomic E-state index is -4.24. The SMILES string of the molecule is CCCc1cc(CNC)cc(N(CC(F)(F)F)C(C)C)n1. The van der Waals surface area contributed by atoms with Gasteiger partial charge in [0.1, 0.15) is 12.4 Å². The van der Waals surface area contributed by atoms with E-state index < -0.39 is 12.7 Å². The molecule has 0 amide bonds. The number of rotatable bonds is 7. The molecule has 0 atom stereocenters. The third-order valence-electron chi connectivity index (χ3n) is 3.08. The van der Waals surface area contributed by atoms with Crippen molar-refractivity contribution in [2.24, 2.45) is 0 Å². The van der Waals surface area contributed by atoms with E-state index in [1.54, 1.807) is 19.9 Å². The van der Waals surface area contributed by atoms with Crippen LogP contribution in [0, 0.1) is 0 Å². The Hall–Kier alpha value is -1.30. The monoisotopic (exact) mass is 303 g/mol. The van der Waals surface area contributed by atoms with Gasteiger partial charge in [0, 0.05) is 18.3 Å². The Morgan fingerprint density at radius 2 is 1.95 bits per heavy atom. The van der Waals surface area contributed by atoms with E-state index in [0.717, 1.165) is 24.1 Å². The van der Waals surface area contributed by atoms with Gasteiger partial charge < -0.3 is 10.2 Å². The van der Waals surface area contributed by atoms with Crippen molar-refractivity contribution in [3.8, 4) is 0 Å². The first-order valence-corrected chi connectivity index (χ1v) is 7.24. The fraction of sp³-hybridized carbons (Fsp3) is 0.667. The van der Waals surface area contributed by atoms with Crippen LogP contribution in [0.3, 0.4) is 0 Å². The summed E-state index contributed by atoms with van der Waals surface area (Å²) in [5.41, 5.74) is 1.80. The fourth-order valence-electron chi connectivity index (χ4n) is 2.19. The molecule has 1 rings (SSSR count). The lowest BCUT2D eigenvalue weighted by Gasteiger charge is -2.29. The molecule has 0 saturated carbocycles. The summed E-state index contributed by atoms with van der Waals surface area (Å²) in [5.74, 6) is 0.401. The Morgan fingerprint density at radius 1 is 1.29 bits per heavy atom. The van der Waals surface area contributed by atoms with E-state index in [9.17, 15) is 13.2 Å². The molecule has 0 aliphatic carbocycles. The maximum atomic E-state index is 12.8. The second-order valence-corrected chi connectivity index (χ2v) is 5.44. The number of pyridine rings is 1. The lowest BCUT2D eigenvalue weighted by atomic mass is 10.1. The molecule has 0 fully saturated rings. The molecule has 0 saturated heterocycles. The van der Waals surface area contributed by atoms with Crippen LogP contribution >= 0.6 is 0 Å². The fourth-order valence-corrected chi connectivity index (χ4v) is 2.19. The number of alkyl halides is 3. The van der Waals surface area contributed by atoms with Gasteiger partial charge in [-0.1, -0.05) is 13.3 Å². The summed E-state index contributed by atoms with van der Waals surface area (Å²) >= 11 is 0. The predicted octanol–water partition coefficient (Wildman–Crippen LogP) is 3.53. The van der Waals surface area contributed by atoms with E-state index in [-0.39, 0.29) is 6.04 Å². The molecule has 6 heteroatoms. The van der Waals surface area contributed by atoms with Crippen LogP contribution in [-0.4, -0.2) is 30.8 Å². The zero-order valence-corrected chi connectivity index (χ0v) is 13.1. The van der Waals surface area contributed by atoms with Crippen molar-refractivity contribution < 1.29 is 13.2 Å². The molecule has 0 aliphatic rings. The molecule has 1 heterocycles. The van der Waals surface area contributed by atoms with Crippen molar-refractivity contribution in [3.63, 3.8) is 0 Å². The normalized spacial score (nSPS) is 12.0. The van der Waals surface area contributed by atoms with E-state index in [1.165, 1.54) is 4.90 Å². The van der Waals surface area contributed by atoms with Gasteiger partial charge in [0.05, 0.1) is 0 Å². The van der Waals surface area contributed by atoms with Gasteiger partial charge in [-0.2, -0.15) is 13.2 Å². The molecule has 1 aromatic rings. The summed E-state index contributed by atoms with van der Waals surface area (Å²) in [4.78, 5) is 5.71. The largest absolute Gasteiger partial charge is 0.405 e. The Bertz CT molecular complexity index is 420. The highest BCUT2D eigenvalue weighted by atomic mass is 19.4. The topological polar surface area (TPSA) is 28.2 Å². The molecular formula is C15H24F3N3. The van der Waals surface area contributed by atoms with Crippen LogP contribution in [0.2, 0.25) is 0 Å². The van der Waals surface area contributed by atoms with Crippen LogP contribution in [0.4, 0.5) is 19.0 Å². The van der Waals surface area contributed by atoms with Gasteiger partial charge in [0.25, 0.3) is 0 Å². The molecule has 3 nitrogen and oxygen atoms in total. The van der Waals surface area contributed by atoms with Crippen LogP contribution in [0.15, 0.2) is 12.1 Å². The highest BCUT2D eigenvalue weighted by Gasteiger charge is 2.32. The van der Waals surface area contributed by atoms with E-state index in [2.05, 4.69) is 10.3 Å². The molecule has 0 aliphatic heterocycles. The van der Waals surface area contributed by atoms with E-state index >= 15 is 0 Å². The average molecular weight is 303 g/mol. The third kappa shape index (κ3) is 5.91. The Kier molecular flexibility index (Phi) is 6.45. The molecule has 21 heavy (non-hydrogen) atoms. The first kappa shape index (κ1) is 17.8. The van der Waals surface area contributed by atoms with Gasteiger partial charge in [-0.25, -0.2) is 4.98 Å². The van der Waals surface area contributed by atoms with Crippen LogP contribution in [-0.2, 0) is 13.0 Å². The standard InChI is InChI=1S/C15H24F3N3/c1-5-6-13-7-12(9-19-4)8-14(20-13)21(11(2)3)10-15(16,17)18/h7-8,11,19H,5-6,9-10H2,1-4H3. The van der Waals surface area contributed by atoms with Crippen LogP contribution in [0.5, 0.6) is 0 Å². The number of hydrogen-bond donors (Lipinski definition) is 1. The van der Waals surface area contributed by atoms with Crippen molar-refractivity contribution >= 4 is 5.82 Å². The summed E-state index contributed by atoms with van der Waals surface area (Å²) in [5, 5.41) is 3.03. The van der Waals surface area contributed by atoms with Crippen molar-refractivity contribution in [2.45, 2.75) is 52.4 Å². The van der Waals surface area contributed by atoms with E-state index in [4.69, 9.17) is 0 Å². The predicted molar refractivity (Wildman–Crippen MR) is 79.5 cm³/mol. The van der Waals surface area contributed by atoms with Gasteiger partial charge in [-0.15, -0.1) is 0 Å². The lowest BCUT2D eigenvalue weighted by molar-refractivity contribution is -0.120.